The van der Waals surface area contributed by atoms with E-state index in [1.54, 1.807) is 6.92 Å². The summed E-state index contributed by atoms with van der Waals surface area (Å²) in [5.74, 6) is -0.719. The first-order chi connectivity index (χ1) is 15.2. The molecule has 2 aliphatic rings. The van der Waals surface area contributed by atoms with Crippen molar-refractivity contribution in [3.8, 4) is 0 Å². The Hall–Kier alpha value is -1.80. The van der Waals surface area contributed by atoms with E-state index in [0.717, 1.165) is 25.1 Å². The average Bonchev–Trinajstić information content (AvgIpc) is 3.43. The second-order valence-corrected chi connectivity index (χ2v) is 8.40. The summed E-state index contributed by atoms with van der Waals surface area (Å²) in [5, 5.41) is 3.28. The van der Waals surface area contributed by atoms with E-state index in [0.29, 0.717) is 13.2 Å². The highest BCUT2D eigenvalue weighted by molar-refractivity contribution is 6.22. The molecule has 2 rings (SSSR count). The molecule has 5 unspecified atom stereocenters. The molecule has 1 N–H and O–H groups in total. The third-order valence-corrected chi connectivity index (χ3v) is 5.39. The Bertz CT molecular complexity index is 643. The smallest absolute Gasteiger partial charge is 0.261 e. The number of nitrogens with zero attached hydrogens (tertiary/aromatic N) is 1. The van der Waals surface area contributed by atoms with Gasteiger partial charge in [-0.15, -0.1) is 0 Å². The van der Waals surface area contributed by atoms with Gasteiger partial charge in [0, 0.05) is 18.7 Å². The fraction of sp³-hybridized carbons (Fsp3) is 0.680. The molecule has 7 nitrogen and oxygen atoms in total. The summed E-state index contributed by atoms with van der Waals surface area (Å²) in [6.07, 6.45) is 4.88. The van der Waals surface area contributed by atoms with Crippen LogP contribution < -0.4 is 5.32 Å². The molecule has 2 amide bonds. The number of rotatable bonds is 14. The molecular weight excluding hydrogens is 408 g/mol. The molecule has 1 fully saturated rings. The Morgan fingerprint density at radius 3 is 1.88 bits per heavy atom. The number of hydrogen-bond donors (Lipinski definition) is 1. The van der Waals surface area contributed by atoms with Crippen molar-refractivity contribution in [3.05, 3.63) is 36.5 Å². The molecule has 1 saturated heterocycles. The van der Waals surface area contributed by atoms with Crippen LogP contribution in [0.5, 0.6) is 0 Å². The largest absolute Gasteiger partial charge is 0.379 e. The lowest BCUT2D eigenvalue weighted by Crippen LogP contribution is -2.42. The third-order valence-electron chi connectivity index (χ3n) is 5.39. The fourth-order valence-corrected chi connectivity index (χ4v) is 3.30. The van der Waals surface area contributed by atoms with Crippen molar-refractivity contribution in [2.45, 2.75) is 84.7 Å². The Kier molecular flexibility index (Phi) is 12.7. The summed E-state index contributed by atoms with van der Waals surface area (Å²) in [4.78, 5) is 26.0. The highest BCUT2D eigenvalue weighted by Gasteiger charge is 2.38. The van der Waals surface area contributed by atoms with E-state index in [1.165, 1.54) is 23.5 Å². The molecule has 5 atom stereocenters. The maximum Gasteiger partial charge on any atom is 0.261 e. The molecule has 0 aromatic carbocycles. The topological polar surface area (TPSA) is 87.0 Å². The molecule has 0 spiro atoms. The number of carbonyl (C=O) groups excluding carboxylic acids is 2. The molecule has 2 heterocycles. The van der Waals surface area contributed by atoms with E-state index in [2.05, 4.69) is 39.2 Å². The van der Waals surface area contributed by atoms with E-state index in [4.69, 9.17) is 14.2 Å². The monoisotopic (exact) mass is 450 g/mol. The highest BCUT2D eigenvalue weighted by atomic mass is 16.6. The van der Waals surface area contributed by atoms with Crippen LogP contribution in [0.3, 0.4) is 0 Å². The Morgan fingerprint density at radius 1 is 0.969 bits per heavy atom. The van der Waals surface area contributed by atoms with Gasteiger partial charge >= 0.3 is 0 Å². The van der Waals surface area contributed by atoms with Crippen LogP contribution in [-0.4, -0.2) is 73.5 Å². The minimum atomic E-state index is -0.393. The van der Waals surface area contributed by atoms with Gasteiger partial charge in [0.05, 0.1) is 49.2 Å². The standard InChI is InChI=1S/C20H31NO5.C5H11N/c1-7-10-24-12-15(5)26-13-16(6)25-11-14(4)21-19(22)17(8-2)18(9-3)20(21)23;1-3-5-4(2)6-5/h8-9,14-16H,2-3,7,10-13H2,1,4-6H3;4-6H,3H2,1-2H3. The second kappa shape index (κ2) is 14.4. The number of nitrogens with one attached hydrogen (secondary N) is 1. The zero-order valence-corrected chi connectivity index (χ0v) is 20.7. The molecule has 2 aliphatic heterocycles. The summed E-state index contributed by atoms with van der Waals surface area (Å²) in [5.41, 5.74) is 0.572. The van der Waals surface area contributed by atoms with E-state index in [9.17, 15) is 9.59 Å². The lowest BCUT2D eigenvalue weighted by molar-refractivity contribution is -0.142. The van der Waals surface area contributed by atoms with Gasteiger partial charge in [0.2, 0.25) is 0 Å². The number of hydrogen-bond acceptors (Lipinski definition) is 6. The van der Waals surface area contributed by atoms with Crippen LogP contribution in [0.4, 0.5) is 0 Å². The zero-order chi connectivity index (χ0) is 24.3. The van der Waals surface area contributed by atoms with Gasteiger partial charge in [0.25, 0.3) is 11.8 Å². The molecule has 0 bridgehead atoms. The van der Waals surface area contributed by atoms with Crippen LogP contribution in [0.1, 0.15) is 54.4 Å². The molecular formula is C25H42N2O5. The summed E-state index contributed by atoms with van der Waals surface area (Å²) in [6.45, 7) is 21.2. The van der Waals surface area contributed by atoms with E-state index in [-0.39, 0.29) is 41.8 Å². The number of ether oxygens (including phenoxy) is 3. The predicted molar refractivity (Wildman–Crippen MR) is 127 cm³/mol. The van der Waals surface area contributed by atoms with Gasteiger partial charge in [-0.25, -0.2) is 0 Å². The molecule has 0 aromatic rings. The van der Waals surface area contributed by atoms with Gasteiger partial charge in [-0.2, -0.15) is 0 Å². The van der Waals surface area contributed by atoms with Crippen molar-refractivity contribution in [2.75, 3.05) is 26.4 Å². The summed E-state index contributed by atoms with van der Waals surface area (Å²) in [6, 6.07) is 1.27. The highest BCUT2D eigenvalue weighted by Crippen LogP contribution is 2.24. The van der Waals surface area contributed by atoms with Crippen molar-refractivity contribution in [2.24, 2.45) is 0 Å². The van der Waals surface area contributed by atoms with Crippen LogP contribution in [0.25, 0.3) is 0 Å². The third kappa shape index (κ3) is 8.62. The SMILES string of the molecule is C=CC1=C(C=C)C(=O)N(C(C)COC(C)COC(C)COCCC)C1=O.CCC1NC1C. The van der Waals surface area contributed by atoms with Crippen molar-refractivity contribution >= 4 is 11.8 Å². The maximum absolute atomic E-state index is 12.4. The van der Waals surface area contributed by atoms with Gasteiger partial charge in [0.1, 0.15) is 0 Å². The molecule has 32 heavy (non-hydrogen) atoms. The van der Waals surface area contributed by atoms with Crippen molar-refractivity contribution in [1.82, 2.24) is 10.2 Å². The summed E-state index contributed by atoms with van der Waals surface area (Å²) >= 11 is 0. The molecule has 0 aromatic heterocycles. The number of carbonyl (C=O) groups is 2. The number of amides is 2. The minimum absolute atomic E-state index is 0.0127. The van der Waals surface area contributed by atoms with Crippen LogP contribution in [0.2, 0.25) is 0 Å². The van der Waals surface area contributed by atoms with E-state index >= 15 is 0 Å². The van der Waals surface area contributed by atoms with Gasteiger partial charge < -0.3 is 19.5 Å². The van der Waals surface area contributed by atoms with Crippen molar-refractivity contribution in [3.63, 3.8) is 0 Å². The van der Waals surface area contributed by atoms with Gasteiger partial charge in [-0.05, 0) is 40.5 Å². The quantitative estimate of drug-likeness (QED) is 0.248. The lowest BCUT2D eigenvalue weighted by Gasteiger charge is -2.25. The van der Waals surface area contributed by atoms with E-state index < -0.39 is 6.04 Å². The molecule has 0 saturated carbocycles. The fourth-order valence-electron chi connectivity index (χ4n) is 3.30. The van der Waals surface area contributed by atoms with Gasteiger partial charge in [-0.1, -0.05) is 39.2 Å². The second-order valence-electron chi connectivity index (χ2n) is 8.40. The van der Waals surface area contributed by atoms with Gasteiger partial charge in [0.15, 0.2) is 0 Å². The van der Waals surface area contributed by atoms with Crippen LogP contribution in [0, 0.1) is 0 Å². The molecule has 182 valence electrons. The number of imide groups is 1. The van der Waals surface area contributed by atoms with Crippen LogP contribution in [-0.2, 0) is 23.8 Å². The zero-order valence-electron chi connectivity index (χ0n) is 20.7. The maximum atomic E-state index is 12.4. The molecule has 0 radical (unpaired) electrons. The first-order valence-corrected chi connectivity index (χ1v) is 11.7. The lowest BCUT2D eigenvalue weighted by atomic mass is 10.1. The normalized spacial score (nSPS) is 22.9. The first kappa shape index (κ1) is 28.2. The summed E-state index contributed by atoms with van der Waals surface area (Å²) in [7, 11) is 0. The Labute approximate surface area is 193 Å². The first-order valence-electron chi connectivity index (χ1n) is 11.7. The van der Waals surface area contributed by atoms with Gasteiger partial charge in [-0.3, -0.25) is 14.5 Å². The predicted octanol–water partition coefficient (Wildman–Crippen LogP) is 3.41. The van der Waals surface area contributed by atoms with Crippen molar-refractivity contribution < 1.29 is 23.8 Å². The van der Waals surface area contributed by atoms with Crippen LogP contribution in [0.15, 0.2) is 36.5 Å². The molecule has 0 aliphatic carbocycles. The summed E-state index contributed by atoms with van der Waals surface area (Å²) < 4.78 is 16.9. The molecule has 7 heteroatoms. The van der Waals surface area contributed by atoms with Crippen molar-refractivity contribution in [1.29, 1.82) is 0 Å². The average molecular weight is 451 g/mol. The minimum Gasteiger partial charge on any atom is -0.379 e. The Morgan fingerprint density at radius 2 is 1.47 bits per heavy atom. The Balaban J connectivity index is 0.000000730. The van der Waals surface area contributed by atoms with Crippen LogP contribution >= 0.6 is 0 Å². The van der Waals surface area contributed by atoms with E-state index in [1.807, 2.05) is 13.8 Å².